The molecule has 2 amide bonds. The number of rotatable bonds is 11. The summed E-state index contributed by atoms with van der Waals surface area (Å²) in [6.45, 7) is 10.4. The van der Waals surface area contributed by atoms with Crippen LogP contribution in [0.4, 0.5) is 10.1 Å². The summed E-state index contributed by atoms with van der Waals surface area (Å²) < 4.78 is 42.8. The summed E-state index contributed by atoms with van der Waals surface area (Å²) in [6, 6.07) is 16.6. The summed E-state index contributed by atoms with van der Waals surface area (Å²) in [5.41, 5.74) is 3.42. The number of carbonyl (C=O) groups is 2. The molecule has 0 saturated carbocycles. The van der Waals surface area contributed by atoms with Crippen LogP contribution in [-0.2, 0) is 26.2 Å². The Morgan fingerprint density at radius 3 is 2.08 bits per heavy atom. The number of nitrogens with one attached hydrogen (secondary N) is 1. The van der Waals surface area contributed by atoms with E-state index in [0.29, 0.717) is 23.2 Å². The third kappa shape index (κ3) is 7.47. The minimum Gasteiger partial charge on any atom is -0.352 e. The van der Waals surface area contributed by atoms with Gasteiger partial charge in [-0.1, -0.05) is 48.9 Å². The molecule has 0 heterocycles. The monoisotopic (exact) mass is 567 g/mol. The van der Waals surface area contributed by atoms with Gasteiger partial charge in [-0.25, -0.2) is 12.8 Å². The molecule has 3 aromatic rings. The molecule has 0 bridgehead atoms. The van der Waals surface area contributed by atoms with Gasteiger partial charge in [0.2, 0.25) is 11.8 Å². The van der Waals surface area contributed by atoms with Crippen LogP contribution in [0.5, 0.6) is 0 Å². The Morgan fingerprint density at radius 1 is 0.900 bits per heavy atom. The molecule has 0 fully saturated rings. The normalized spacial score (nSPS) is 12.2. The quantitative estimate of drug-likeness (QED) is 0.342. The van der Waals surface area contributed by atoms with Crippen LogP contribution in [0, 0.1) is 26.6 Å². The minimum atomic E-state index is -4.15. The zero-order valence-corrected chi connectivity index (χ0v) is 24.8. The van der Waals surface area contributed by atoms with E-state index in [1.165, 1.54) is 29.2 Å². The maximum atomic E-state index is 14.1. The van der Waals surface area contributed by atoms with Gasteiger partial charge in [0, 0.05) is 12.6 Å². The Morgan fingerprint density at radius 2 is 1.50 bits per heavy atom. The molecular weight excluding hydrogens is 529 g/mol. The zero-order valence-electron chi connectivity index (χ0n) is 23.9. The summed E-state index contributed by atoms with van der Waals surface area (Å²) >= 11 is 0. The fourth-order valence-corrected chi connectivity index (χ4v) is 5.90. The van der Waals surface area contributed by atoms with Gasteiger partial charge >= 0.3 is 0 Å². The standard InChI is InChI=1S/C31H38FN3O4S/c1-7-28(31(37)33-21(2)3)34(19-25-12-14-26(32)15-13-25)30(36)20-35(29-18-23(5)8-11-24(29)6)40(38,39)27-16-9-22(4)10-17-27/h8-18,21,28H,7,19-20H2,1-6H3,(H,33,37)/t28-/m1/s1. The number of hydrogen-bond acceptors (Lipinski definition) is 4. The summed E-state index contributed by atoms with van der Waals surface area (Å²) in [5, 5.41) is 2.86. The Balaban J connectivity index is 2.10. The van der Waals surface area contributed by atoms with Crippen LogP contribution in [-0.4, -0.2) is 43.8 Å². The van der Waals surface area contributed by atoms with E-state index in [2.05, 4.69) is 5.32 Å². The molecule has 40 heavy (non-hydrogen) atoms. The van der Waals surface area contributed by atoms with E-state index in [9.17, 15) is 22.4 Å². The van der Waals surface area contributed by atoms with Crippen molar-refractivity contribution >= 4 is 27.5 Å². The molecule has 0 saturated heterocycles. The van der Waals surface area contributed by atoms with E-state index in [1.54, 1.807) is 44.2 Å². The molecule has 7 nitrogen and oxygen atoms in total. The first-order chi connectivity index (χ1) is 18.8. The van der Waals surface area contributed by atoms with Crippen molar-refractivity contribution in [2.45, 2.75) is 71.5 Å². The Bertz CT molecular complexity index is 1440. The molecule has 214 valence electrons. The molecular formula is C31H38FN3O4S. The fraction of sp³-hybridized carbons (Fsp3) is 0.355. The number of hydrogen-bond donors (Lipinski definition) is 1. The predicted molar refractivity (Wildman–Crippen MR) is 156 cm³/mol. The lowest BCUT2D eigenvalue weighted by Crippen LogP contribution is -2.53. The maximum Gasteiger partial charge on any atom is 0.264 e. The highest BCUT2D eigenvalue weighted by molar-refractivity contribution is 7.92. The highest BCUT2D eigenvalue weighted by Crippen LogP contribution is 2.29. The molecule has 1 atom stereocenters. The molecule has 0 aliphatic heterocycles. The lowest BCUT2D eigenvalue weighted by atomic mass is 10.1. The summed E-state index contributed by atoms with van der Waals surface area (Å²) in [7, 11) is -4.15. The third-order valence-corrected chi connectivity index (χ3v) is 8.38. The van der Waals surface area contributed by atoms with E-state index in [0.717, 1.165) is 15.4 Å². The summed E-state index contributed by atoms with van der Waals surface area (Å²) in [6.07, 6.45) is 0.305. The second-order valence-electron chi connectivity index (χ2n) is 10.4. The van der Waals surface area contributed by atoms with Gasteiger partial charge in [-0.3, -0.25) is 13.9 Å². The van der Waals surface area contributed by atoms with E-state index in [4.69, 9.17) is 0 Å². The van der Waals surface area contributed by atoms with Crippen molar-refractivity contribution in [1.82, 2.24) is 10.2 Å². The van der Waals surface area contributed by atoms with Crippen LogP contribution >= 0.6 is 0 Å². The predicted octanol–water partition coefficient (Wildman–Crippen LogP) is 5.28. The van der Waals surface area contributed by atoms with Gasteiger partial charge in [0.25, 0.3) is 10.0 Å². The first-order valence-corrected chi connectivity index (χ1v) is 14.8. The number of carbonyl (C=O) groups excluding carboxylic acids is 2. The SMILES string of the molecule is CC[C@H](C(=O)NC(C)C)N(Cc1ccc(F)cc1)C(=O)CN(c1cc(C)ccc1C)S(=O)(=O)c1ccc(C)cc1. The number of benzene rings is 3. The molecule has 0 aliphatic carbocycles. The lowest BCUT2D eigenvalue weighted by Gasteiger charge is -2.34. The first-order valence-electron chi connectivity index (χ1n) is 13.3. The molecule has 0 unspecified atom stereocenters. The van der Waals surface area contributed by atoms with Crippen LogP contribution in [0.1, 0.15) is 49.4 Å². The third-order valence-electron chi connectivity index (χ3n) is 6.60. The van der Waals surface area contributed by atoms with Crippen molar-refractivity contribution in [3.8, 4) is 0 Å². The van der Waals surface area contributed by atoms with E-state index in [1.807, 2.05) is 39.8 Å². The maximum absolute atomic E-state index is 14.1. The molecule has 0 aromatic heterocycles. The highest BCUT2D eigenvalue weighted by Gasteiger charge is 2.34. The van der Waals surface area contributed by atoms with Crippen molar-refractivity contribution in [1.29, 1.82) is 0 Å². The Hall–Kier alpha value is -3.72. The van der Waals surface area contributed by atoms with Crippen molar-refractivity contribution in [2.75, 3.05) is 10.8 Å². The van der Waals surface area contributed by atoms with Crippen molar-refractivity contribution < 1.29 is 22.4 Å². The van der Waals surface area contributed by atoms with Crippen LogP contribution in [0.15, 0.2) is 71.6 Å². The number of amides is 2. The van der Waals surface area contributed by atoms with E-state index >= 15 is 0 Å². The van der Waals surface area contributed by atoms with Gasteiger partial charge in [0.1, 0.15) is 18.4 Å². The topological polar surface area (TPSA) is 86.8 Å². The van der Waals surface area contributed by atoms with Gasteiger partial charge in [-0.2, -0.15) is 0 Å². The van der Waals surface area contributed by atoms with Gasteiger partial charge in [-0.05, 0) is 88.1 Å². The van der Waals surface area contributed by atoms with Gasteiger partial charge in [0.15, 0.2) is 0 Å². The summed E-state index contributed by atoms with van der Waals surface area (Å²) in [4.78, 5) is 28.7. The molecule has 0 radical (unpaired) electrons. The molecule has 3 rings (SSSR count). The number of sulfonamides is 1. The van der Waals surface area contributed by atoms with Gasteiger partial charge < -0.3 is 10.2 Å². The molecule has 3 aromatic carbocycles. The van der Waals surface area contributed by atoms with Crippen LogP contribution in [0.3, 0.4) is 0 Å². The highest BCUT2D eigenvalue weighted by atomic mass is 32.2. The second kappa shape index (κ2) is 13.1. The van der Waals surface area contributed by atoms with Crippen molar-refractivity contribution in [3.05, 3.63) is 94.8 Å². The number of anilines is 1. The first kappa shape index (κ1) is 30.8. The Labute approximate surface area is 237 Å². The average molecular weight is 568 g/mol. The zero-order chi connectivity index (χ0) is 29.6. The lowest BCUT2D eigenvalue weighted by molar-refractivity contribution is -0.140. The number of aryl methyl sites for hydroxylation is 3. The van der Waals surface area contributed by atoms with E-state index < -0.39 is 34.3 Å². The smallest absolute Gasteiger partial charge is 0.264 e. The summed E-state index contributed by atoms with van der Waals surface area (Å²) in [5.74, 6) is -1.31. The minimum absolute atomic E-state index is 0.00829. The second-order valence-corrected chi connectivity index (χ2v) is 12.2. The molecule has 0 aliphatic rings. The fourth-order valence-electron chi connectivity index (χ4n) is 4.43. The van der Waals surface area contributed by atoms with Gasteiger partial charge in [-0.15, -0.1) is 0 Å². The molecule has 1 N–H and O–H groups in total. The van der Waals surface area contributed by atoms with Crippen LogP contribution in [0.2, 0.25) is 0 Å². The number of nitrogens with zero attached hydrogens (tertiary/aromatic N) is 2. The Kier molecular flexibility index (Phi) is 10.1. The molecule has 9 heteroatoms. The van der Waals surface area contributed by atoms with Gasteiger partial charge in [0.05, 0.1) is 10.6 Å². The van der Waals surface area contributed by atoms with Crippen molar-refractivity contribution in [3.63, 3.8) is 0 Å². The molecule has 0 spiro atoms. The van der Waals surface area contributed by atoms with Crippen molar-refractivity contribution in [2.24, 2.45) is 0 Å². The largest absolute Gasteiger partial charge is 0.352 e. The van der Waals surface area contributed by atoms with Crippen LogP contribution < -0.4 is 9.62 Å². The average Bonchev–Trinajstić information content (AvgIpc) is 2.89. The van der Waals surface area contributed by atoms with E-state index in [-0.39, 0.29) is 23.4 Å². The number of halogens is 1. The van der Waals surface area contributed by atoms with Crippen LogP contribution in [0.25, 0.3) is 0 Å².